The Kier molecular flexibility index (Phi) is 7.54. The molecular formula is C21H26N2O5S2. The van der Waals surface area contributed by atoms with Crippen LogP contribution in [-0.4, -0.2) is 30.2 Å². The summed E-state index contributed by atoms with van der Waals surface area (Å²) in [7, 11) is 0. The second-order valence-corrected chi connectivity index (χ2v) is 10.3. The number of nitrogens with one attached hydrogen (secondary N) is 2. The minimum atomic E-state index is -0.650. The van der Waals surface area contributed by atoms with E-state index >= 15 is 0 Å². The molecule has 9 heteroatoms. The zero-order valence-electron chi connectivity index (χ0n) is 17.9. The summed E-state index contributed by atoms with van der Waals surface area (Å²) >= 11 is 2.54. The third kappa shape index (κ3) is 5.99. The first kappa shape index (κ1) is 23.8. The van der Waals surface area contributed by atoms with Crippen LogP contribution in [0.1, 0.15) is 63.0 Å². The number of amides is 2. The lowest BCUT2D eigenvalue weighted by atomic mass is 9.96. The molecule has 0 saturated heterocycles. The van der Waals surface area contributed by atoms with Crippen molar-refractivity contribution in [2.24, 2.45) is 5.41 Å². The van der Waals surface area contributed by atoms with Gasteiger partial charge in [0.15, 0.2) is 6.61 Å². The maximum absolute atomic E-state index is 12.5. The molecule has 0 aliphatic rings. The number of hydrogen-bond acceptors (Lipinski definition) is 7. The molecule has 2 heterocycles. The molecule has 2 amide bonds. The Morgan fingerprint density at radius 2 is 1.73 bits per heavy atom. The molecule has 0 fully saturated rings. The van der Waals surface area contributed by atoms with Crippen LogP contribution in [0.15, 0.2) is 12.1 Å². The molecule has 0 spiro atoms. The van der Waals surface area contributed by atoms with E-state index < -0.39 is 18.0 Å². The fourth-order valence-corrected chi connectivity index (χ4v) is 4.42. The summed E-state index contributed by atoms with van der Waals surface area (Å²) in [4.78, 5) is 50.5. The second-order valence-electron chi connectivity index (χ2n) is 7.87. The summed E-state index contributed by atoms with van der Waals surface area (Å²) in [5.74, 6) is -1.34. The number of ketones is 1. The van der Waals surface area contributed by atoms with E-state index in [0.717, 1.165) is 9.75 Å². The number of esters is 1. The van der Waals surface area contributed by atoms with Crippen LogP contribution in [0.3, 0.4) is 0 Å². The van der Waals surface area contributed by atoms with Gasteiger partial charge in [0.25, 0.3) is 0 Å². The molecule has 162 valence electrons. The van der Waals surface area contributed by atoms with Crippen LogP contribution in [0, 0.1) is 19.3 Å². The number of Topliss-reactive ketones (excluding diaryl/α,β-unsaturated/α-hetero) is 1. The van der Waals surface area contributed by atoms with Gasteiger partial charge in [-0.25, -0.2) is 4.79 Å². The molecule has 30 heavy (non-hydrogen) atoms. The summed E-state index contributed by atoms with van der Waals surface area (Å²) < 4.78 is 5.22. The van der Waals surface area contributed by atoms with Crippen molar-refractivity contribution in [3.8, 4) is 0 Å². The van der Waals surface area contributed by atoms with Gasteiger partial charge in [-0.15, -0.1) is 22.7 Å². The SMILES string of the molecule is CC(=O)Nc1sc(C)c(C)c1C(=O)OCC(=O)c1ccc(CNC(=O)C(C)(C)C)s1. The number of carbonyl (C=O) groups excluding carboxylic acids is 4. The number of hydrogen-bond donors (Lipinski definition) is 2. The maximum atomic E-state index is 12.5. The molecular weight excluding hydrogens is 424 g/mol. The number of rotatable bonds is 7. The highest BCUT2D eigenvalue weighted by Crippen LogP contribution is 2.33. The molecule has 0 aliphatic heterocycles. The minimum Gasteiger partial charge on any atom is -0.454 e. The zero-order valence-corrected chi connectivity index (χ0v) is 19.6. The molecule has 0 saturated carbocycles. The minimum absolute atomic E-state index is 0.0749. The predicted octanol–water partition coefficient (Wildman–Crippen LogP) is 4.09. The molecule has 0 radical (unpaired) electrons. The molecule has 2 aromatic heterocycles. The van der Waals surface area contributed by atoms with E-state index in [4.69, 9.17) is 4.74 Å². The maximum Gasteiger partial charge on any atom is 0.341 e. The summed E-state index contributed by atoms with van der Waals surface area (Å²) in [5.41, 5.74) is 0.504. The van der Waals surface area contributed by atoms with Crippen LogP contribution in [0.5, 0.6) is 0 Å². The van der Waals surface area contributed by atoms with Gasteiger partial charge >= 0.3 is 5.97 Å². The molecule has 2 N–H and O–H groups in total. The van der Waals surface area contributed by atoms with Gasteiger partial charge in [0.05, 0.1) is 17.0 Å². The highest BCUT2D eigenvalue weighted by molar-refractivity contribution is 7.16. The largest absolute Gasteiger partial charge is 0.454 e. The lowest BCUT2D eigenvalue weighted by Gasteiger charge is -2.17. The quantitative estimate of drug-likeness (QED) is 0.489. The van der Waals surface area contributed by atoms with Crippen LogP contribution >= 0.6 is 22.7 Å². The van der Waals surface area contributed by atoms with E-state index in [0.29, 0.717) is 22.0 Å². The number of thiophene rings is 2. The fraction of sp³-hybridized carbons (Fsp3) is 0.429. The first-order valence-electron chi connectivity index (χ1n) is 9.35. The molecule has 7 nitrogen and oxygen atoms in total. The number of aryl methyl sites for hydroxylation is 1. The Morgan fingerprint density at radius 3 is 2.33 bits per heavy atom. The van der Waals surface area contributed by atoms with Gasteiger partial charge < -0.3 is 15.4 Å². The lowest BCUT2D eigenvalue weighted by molar-refractivity contribution is -0.128. The summed E-state index contributed by atoms with van der Waals surface area (Å²) in [6, 6.07) is 3.42. The van der Waals surface area contributed by atoms with E-state index in [1.165, 1.54) is 29.6 Å². The van der Waals surface area contributed by atoms with Gasteiger partial charge in [0.1, 0.15) is 5.00 Å². The Morgan fingerprint density at radius 1 is 1.07 bits per heavy atom. The van der Waals surface area contributed by atoms with Crippen molar-refractivity contribution >= 4 is 51.2 Å². The van der Waals surface area contributed by atoms with Gasteiger partial charge in [0.2, 0.25) is 17.6 Å². The van der Waals surface area contributed by atoms with E-state index in [9.17, 15) is 19.2 Å². The Hall–Kier alpha value is -2.52. The third-order valence-electron chi connectivity index (χ3n) is 4.25. The van der Waals surface area contributed by atoms with Crippen LogP contribution in [0.2, 0.25) is 0 Å². The predicted molar refractivity (Wildman–Crippen MR) is 118 cm³/mol. The van der Waals surface area contributed by atoms with Crippen molar-refractivity contribution in [3.05, 3.63) is 37.9 Å². The normalized spacial score (nSPS) is 11.1. The molecule has 0 atom stereocenters. The Balaban J connectivity index is 1.98. The zero-order chi connectivity index (χ0) is 22.6. The van der Waals surface area contributed by atoms with Gasteiger partial charge in [0, 0.05) is 22.1 Å². The Labute approximate surface area is 183 Å². The van der Waals surface area contributed by atoms with Crippen molar-refractivity contribution < 1.29 is 23.9 Å². The molecule has 2 rings (SSSR count). The van der Waals surface area contributed by atoms with Crippen molar-refractivity contribution in [1.82, 2.24) is 5.32 Å². The van der Waals surface area contributed by atoms with Gasteiger partial charge in [-0.2, -0.15) is 0 Å². The van der Waals surface area contributed by atoms with Crippen molar-refractivity contribution in [1.29, 1.82) is 0 Å². The molecule has 0 aliphatic carbocycles. The van der Waals surface area contributed by atoms with E-state index in [-0.39, 0.29) is 23.2 Å². The van der Waals surface area contributed by atoms with Gasteiger partial charge in [-0.3, -0.25) is 14.4 Å². The average Bonchev–Trinajstić information content (AvgIpc) is 3.21. The van der Waals surface area contributed by atoms with Crippen molar-refractivity contribution in [2.75, 3.05) is 11.9 Å². The molecule has 0 aromatic carbocycles. The van der Waals surface area contributed by atoms with Crippen LogP contribution < -0.4 is 10.6 Å². The second kappa shape index (κ2) is 9.53. The Bertz CT molecular complexity index is 982. The first-order valence-corrected chi connectivity index (χ1v) is 11.0. The summed E-state index contributed by atoms with van der Waals surface area (Å²) in [5, 5.41) is 5.89. The molecule has 0 bridgehead atoms. The highest BCUT2D eigenvalue weighted by Gasteiger charge is 2.23. The highest BCUT2D eigenvalue weighted by atomic mass is 32.1. The smallest absolute Gasteiger partial charge is 0.341 e. The number of ether oxygens (including phenoxy) is 1. The lowest BCUT2D eigenvalue weighted by Crippen LogP contribution is -2.34. The molecule has 2 aromatic rings. The van der Waals surface area contributed by atoms with E-state index in [1.54, 1.807) is 19.1 Å². The van der Waals surface area contributed by atoms with E-state index in [1.807, 2.05) is 27.7 Å². The standard InChI is InChI=1S/C21H26N2O5S2/c1-11-12(2)29-18(23-13(3)24)17(11)19(26)28-10-15(25)16-8-7-14(30-16)9-22-20(27)21(4,5)6/h7-8H,9-10H2,1-6H3,(H,22,27)(H,23,24). The number of anilines is 1. The summed E-state index contributed by atoms with van der Waals surface area (Å²) in [6.45, 7) is 10.4. The van der Waals surface area contributed by atoms with Gasteiger partial charge in [-0.1, -0.05) is 20.8 Å². The van der Waals surface area contributed by atoms with Crippen LogP contribution in [-0.2, 0) is 20.9 Å². The third-order valence-corrected chi connectivity index (χ3v) is 6.50. The van der Waals surface area contributed by atoms with Crippen molar-refractivity contribution in [3.63, 3.8) is 0 Å². The molecule has 0 unspecified atom stereocenters. The average molecular weight is 451 g/mol. The summed E-state index contributed by atoms with van der Waals surface area (Å²) in [6.07, 6.45) is 0. The van der Waals surface area contributed by atoms with Crippen LogP contribution in [0.25, 0.3) is 0 Å². The first-order chi connectivity index (χ1) is 13.9. The van der Waals surface area contributed by atoms with Crippen LogP contribution in [0.4, 0.5) is 5.00 Å². The van der Waals surface area contributed by atoms with Gasteiger partial charge in [-0.05, 0) is 31.5 Å². The fourth-order valence-electron chi connectivity index (χ4n) is 2.45. The van der Waals surface area contributed by atoms with E-state index in [2.05, 4.69) is 10.6 Å². The number of carbonyl (C=O) groups is 4. The topological polar surface area (TPSA) is 102 Å². The van der Waals surface area contributed by atoms with Crippen molar-refractivity contribution in [2.45, 2.75) is 48.1 Å². The monoisotopic (exact) mass is 450 g/mol.